The number of benzene rings is 1. The van der Waals surface area contributed by atoms with Gasteiger partial charge in [0.2, 0.25) is 0 Å². The topological polar surface area (TPSA) is 52.3 Å². The van der Waals surface area contributed by atoms with Crippen molar-refractivity contribution in [3.63, 3.8) is 0 Å². The van der Waals surface area contributed by atoms with Crippen molar-refractivity contribution in [3.05, 3.63) is 29.3 Å². The predicted molar refractivity (Wildman–Crippen MR) is 50.6 cm³/mol. The van der Waals surface area contributed by atoms with E-state index in [-0.39, 0.29) is 0 Å². The van der Waals surface area contributed by atoms with E-state index in [0.29, 0.717) is 18.8 Å². The lowest BCUT2D eigenvalue weighted by Crippen LogP contribution is -2.03. The van der Waals surface area contributed by atoms with Gasteiger partial charge >= 0.3 is 0 Å². The van der Waals surface area contributed by atoms with Crippen molar-refractivity contribution < 1.29 is 9.53 Å². The van der Waals surface area contributed by atoms with E-state index >= 15 is 0 Å². The molecular weight excluding hydrogens is 166 g/mol. The Labute approximate surface area is 77.5 Å². The molecule has 0 spiro atoms. The van der Waals surface area contributed by atoms with Crippen LogP contribution in [-0.4, -0.2) is 13.0 Å². The van der Waals surface area contributed by atoms with Crippen LogP contribution < -0.4 is 10.5 Å². The number of ether oxygens (including phenoxy) is 1. The number of rotatable bonds is 4. The maximum atomic E-state index is 10.1. The molecule has 0 amide bonds. The van der Waals surface area contributed by atoms with E-state index in [4.69, 9.17) is 10.5 Å². The van der Waals surface area contributed by atoms with Crippen LogP contribution in [0.3, 0.4) is 0 Å². The highest BCUT2D eigenvalue weighted by Crippen LogP contribution is 2.18. The van der Waals surface area contributed by atoms with Crippen molar-refractivity contribution in [3.8, 4) is 5.75 Å². The molecule has 1 rings (SSSR count). The van der Waals surface area contributed by atoms with E-state index in [0.717, 1.165) is 12.0 Å². The molecule has 1 aromatic carbocycles. The molecule has 3 nitrogen and oxygen atoms in total. The highest BCUT2D eigenvalue weighted by molar-refractivity contribution is 5.48. The lowest BCUT2D eigenvalue weighted by molar-refractivity contribution is -0.120. The Balaban J connectivity index is 2.84. The Morgan fingerprint density at radius 1 is 1.54 bits per heavy atom. The first-order valence-electron chi connectivity index (χ1n) is 4.18. The molecule has 0 unspecified atom stereocenters. The van der Waals surface area contributed by atoms with Gasteiger partial charge in [-0.1, -0.05) is 12.1 Å². The SMILES string of the molecule is Cc1cc(CCN)ccc1OC=O. The Bertz CT molecular complexity index is 297. The van der Waals surface area contributed by atoms with Gasteiger partial charge in [-0.2, -0.15) is 0 Å². The van der Waals surface area contributed by atoms with Gasteiger partial charge in [-0.3, -0.25) is 4.79 Å². The Hall–Kier alpha value is -1.35. The molecule has 0 aliphatic carbocycles. The monoisotopic (exact) mass is 179 g/mol. The molecule has 0 aromatic heterocycles. The summed E-state index contributed by atoms with van der Waals surface area (Å²) in [5, 5.41) is 0. The number of aryl methyl sites for hydroxylation is 1. The van der Waals surface area contributed by atoms with Gasteiger partial charge in [0.15, 0.2) is 0 Å². The summed E-state index contributed by atoms with van der Waals surface area (Å²) >= 11 is 0. The second-order valence-corrected chi connectivity index (χ2v) is 2.85. The zero-order valence-electron chi connectivity index (χ0n) is 7.62. The fourth-order valence-corrected chi connectivity index (χ4v) is 1.22. The lowest BCUT2D eigenvalue weighted by Gasteiger charge is -2.04. The second-order valence-electron chi connectivity index (χ2n) is 2.85. The highest BCUT2D eigenvalue weighted by atomic mass is 16.5. The Kier molecular flexibility index (Phi) is 3.46. The number of carbonyl (C=O) groups is 1. The van der Waals surface area contributed by atoms with Crippen LogP contribution in [0.2, 0.25) is 0 Å². The summed E-state index contributed by atoms with van der Waals surface area (Å²) in [7, 11) is 0. The van der Waals surface area contributed by atoms with E-state index in [2.05, 4.69) is 0 Å². The molecule has 13 heavy (non-hydrogen) atoms. The zero-order chi connectivity index (χ0) is 9.68. The van der Waals surface area contributed by atoms with Gasteiger partial charge < -0.3 is 10.5 Å². The van der Waals surface area contributed by atoms with Crippen LogP contribution in [-0.2, 0) is 11.2 Å². The lowest BCUT2D eigenvalue weighted by atomic mass is 10.1. The number of carbonyl (C=O) groups excluding carboxylic acids is 1. The van der Waals surface area contributed by atoms with E-state index in [9.17, 15) is 4.79 Å². The van der Waals surface area contributed by atoms with Crippen LogP contribution in [0.15, 0.2) is 18.2 Å². The molecule has 3 heteroatoms. The van der Waals surface area contributed by atoms with Crippen molar-refractivity contribution in [1.82, 2.24) is 0 Å². The molecule has 2 N–H and O–H groups in total. The fraction of sp³-hybridized carbons (Fsp3) is 0.300. The van der Waals surface area contributed by atoms with Gasteiger partial charge in [0, 0.05) is 0 Å². The van der Waals surface area contributed by atoms with Crippen molar-refractivity contribution >= 4 is 6.47 Å². The van der Waals surface area contributed by atoms with Crippen LogP contribution in [0.25, 0.3) is 0 Å². The summed E-state index contributed by atoms with van der Waals surface area (Å²) in [6.45, 7) is 2.97. The first-order chi connectivity index (χ1) is 6.27. The molecule has 0 atom stereocenters. The molecule has 0 heterocycles. The van der Waals surface area contributed by atoms with E-state index in [1.807, 2.05) is 19.1 Å². The van der Waals surface area contributed by atoms with E-state index in [1.54, 1.807) is 6.07 Å². The van der Waals surface area contributed by atoms with Crippen LogP contribution in [0.5, 0.6) is 5.75 Å². The summed E-state index contributed by atoms with van der Waals surface area (Å²) in [6.07, 6.45) is 0.849. The van der Waals surface area contributed by atoms with Gasteiger partial charge in [-0.25, -0.2) is 0 Å². The highest BCUT2D eigenvalue weighted by Gasteiger charge is 1.99. The number of nitrogens with two attached hydrogens (primary N) is 1. The Morgan fingerprint density at radius 3 is 2.85 bits per heavy atom. The third-order valence-electron chi connectivity index (χ3n) is 1.85. The summed E-state index contributed by atoms with van der Waals surface area (Å²) in [6, 6.07) is 5.68. The molecule has 0 aliphatic heterocycles. The Morgan fingerprint density at radius 2 is 2.31 bits per heavy atom. The standard InChI is InChI=1S/C10H13NO2/c1-8-6-9(4-5-11)2-3-10(8)13-7-12/h2-3,6-7H,4-5,11H2,1H3. The van der Waals surface area contributed by atoms with Gasteiger partial charge in [-0.05, 0) is 37.1 Å². The molecule has 0 saturated heterocycles. The summed E-state index contributed by atoms with van der Waals surface area (Å²) in [5.41, 5.74) is 7.54. The molecule has 0 fully saturated rings. The van der Waals surface area contributed by atoms with Gasteiger partial charge in [-0.15, -0.1) is 0 Å². The van der Waals surface area contributed by atoms with Gasteiger partial charge in [0.25, 0.3) is 6.47 Å². The minimum absolute atomic E-state index is 0.435. The first kappa shape index (κ1) is 9.74. The molecular formula is C10H13NO2. The largest absolute Gasteiger partial charge is 0.428 e. The van der Waals surface area contributed by atoms with Crippen LogP contribution >= 0.6 is 0 Å². The zero-order valence-corrected chi connectivity index (χ0v) is 7.62. The fourth-order valence-electron chi connectivity index (χ4n) is 1.22. The molecule has 0 saturated carbocycles. The van der Waals surface area contributed by atoms with Crippen LogP contribution in [0, 0.1) is 6.92 Å². The average molecular weight is 179 g/mol. The van der Waals surface area contributed by atoms with E-state index < -0.39 is 0 Å². The van der Waals surface area contributed by atoms with Crippen molar-refractivity contribution in [2.75, 3.05) is 6.54 Å². The predicted octanol–water partition coefficient (Wildman–Crippen LogP) is 1.03. The summed E-state index contributed by atoms with van der Waals surface area (Å²) in [4.78, 5) is 10.1. The van der Waals surface area contributed by atoms with Gasteiger partial charge in [0.05, 0.1) is 0 Å². The number of hydrogen-bond donors (Lipinski definition) is 1. The van der Waals surface area contributed by atoms with E-state index in [1.165, 1.54) is 5.56 Å². The normalized spacial score (nSPS) is 9.69. The molecule has 1 aromatic rings. The van der Waals surface area contributed by atoms with Crippen molar-refractivity contribution in [1.29, 1.82) is 0 Å². The molecule has 0 radical (unpaired) electrons. The third-order valence-corrected chi connectivity index (χ3v) is 1.85. The quantitative estimate of drug-likeness (QED) is 0.702. The summed E-state index contributed by atoms with van der Waals surface area (Å²) in [5.74, 6) is 0.607. The van der Waals surface area contributed by atoms with Gasteiger partial charge in [0.1, 0.15) is 5.75 Å². The average Bonchev–Trinajstić information content (AvgIpc) is 2.10. The smallest absolute Gasteiger partial charge is 0.298 e. The minimum atomic E-state index is 0.435. The maximum Gasteiger partial charge on any atom is 0.298 e. The van der Waals surface area contributed by atoms with Crippen molar-refractivity contribution in [2.24, 2.45) is 5.73 Å². The first-order valence-corrected chi connectivity index (χ1v) is 4.18. The minimum Gasteiger partial charge on any atom is -0.428 e. The second kappa shape index (κ2) is 4.62. The number of hydrogen-bond acceptors (Lipinski definition) is 3. The third kappa shape index (κ3) is 2.56. The van der Waals surface area contributed by atoms with Crippen molar-refractivity contribution in [2.45, 2.75) is 13.3 Å². The molecule has 70 valence electrons. The molecule has 0 aliphatic rings. The molecule has 0 bridgehead atoms. The summed E-state index contributed by atoms with van der Waals surface area (Å²) < 4.78 is 4.76. The maximum absolute atomic E-state index is 10.1. The van der Waals surface area contributed by atoms with Crippen LogP contribution in [0.1, 0.15) is 11.1 Å². The van der Waals surface area contributed by atoms with Crippen LogP contribution in [0.4, 0.5) is 0 Å².